The lowest BCUT2D eigenvalue weighted by molar-refractivity contribution is 0.0934. The molecular weight excluding hydrogens is 252 g/mol. The number of aromatic nitrogens is 2. The Balaban J connectivity index is 2.72. The van der Waals surface area contributed by atoms with Gasteiger partial charge in [0, 0.05) is 18.7 Å². The topological polar surface area (TPSA) is 66.9 Å². The van der Waals surface area contributed by atoms with E-state index >= 15 is 0 Å². The number of hydrogen-bond donors (Lipinski definition) is 2. The van der Waals surface area contributed by atoms with E-state index in [9.17, 15) is 4.79 Å². The molecule has 0 radical (unpaired) electrons. The van der Waals surface area contributed by atoms with Gasteiger partial charge in [-0.15, -0.1) is 0 Å². The molecule has 1 rings (SSSR count). The molecule has 1 aromatic rings. The Morgan fingerprint density at radius 2 is 2.00 bits per heavy atom. The molecule has 5 heteroatoms. The van der Waals surface area contributed by atoms with E-state index in [1.54, 1.807) is 13.0 Å². The van der Waals surface area contributed by atoms with Crippen LogP contribution in [0.1, 0.15) is 56.8 Å². The summed E-state index contributed by atoms with van der Waals surface area (Å²) in [6.45, 7) is 11.0. The highest BCUT2D eigenvalue weighted by Crippen LogP contribution is 2.08. The molecule has 1 unspecified atom stereocenters. The highest BCUT2D eigenvalue weighted by atomic mass is 16.1. The van der Waals surface area contributed by atoms with Crippen LogP contribution in [0.2, 0.25) is 0 Å². The summed E-state index contributed by atoms with van der Waals surface area (Å²) in [5.41, 5.74) is 0.421. The van der Waals surface area contributed by atoms with E-state index in [4.69, 9.17) is 0 Å². The highest BCUT2D eigenvalue weighted by molar-refractivity contribution is 5.93. The lowest BCUT2D eigenvalue weighted by Gasteiger charge is -2.12. The van der Waals surface area contributed by atoms with Gasteiger partial charge in [-0.05, 0) is 32.6 Å². The number of carbonyl (C=O) groups is 1. The van der Waals surface area contributed by atoms with Gasteiger partial charge < -0.3 is 10.6 Å². The number of anilines is 1. The summed E-state index contributed by atoms with van der Waals surface area (Å²) in [5, 5.41) is 6.17. The average molecular weight is 278 g/mol. The number of hydrogen-bond acceptors (Lipinski definition) is 4. The minimum atomic E-state index is -0.142. The maximum Gasteiger partial charge on any atom is 0.270 e. The van der Waals surface area contributed by atoms with Gasteiger partial charge in [0.05, 0.1) is 0 Å². The quantitative estimate of drug-likeness (QED) is 0.805. The largest absolute Gasteiger partial charge is 0.370 e. The Labute approximate surface area is 121 Å². The van der Waals surface area contributed by atoms with Crippen LogP contribution in [0.25, 0.3) is 0 Å². The first-order valence-corrected chi connectivity index (χ1v) is 7.32. The Bertz CT molecular complexity index is 445. The molecule has 0 bridgehead atoms. The second-order valence-corrected chi connectivity index (χ2v) is 5.58. The molecule has 1 amide bonds. The summed E-state index contributed by atoms with van der Waals surface area (Å²) >= 11 is 0. The second kappa shape index (κ2) is 7.82. The maximum absolute atomic E-state index is 12.1. The van der Waals surface area contributed by atoms with E-state index in [0.29, 0.717) is 23.3 Å². The second-order valence-electron chi connectivity index (χ2n) is 5.58. The maximum atomic E-state index is 12.1. The van der Waals surface area contributed by atoms with Gasteiger partial charge in [0.15, 0.2) is 0 Å². The van der Waals surface area contributed by atoms with Gasteiger partial charge in [-0.1, -0.05) is 20.8 Å². The van der Waals surface area contributed by atoms with E-state index in [1.165, 1.54) is 0 Å². The first-order chi connectivity index (χ1) is 9.42. The van der Waals surface area contributed by atoms with Gasteiger partial charge in [-0.3, -0.25) is 4.79 Å². The van der Waals surface area contributed by atoms with Gasteiger partial charge in [0.2, 0.25) is 0 Å². The van der Waals surface area contributed by atoms with Gasteiger partial charge in [-0.25, -0.2) is 9.97 Å². The number of rotatable bonds is 7. The summed E-state index contributed by atoms with van der Waals surface area (Å²) < 4.78 is 0. The molecule has 0 fully saturated rings. The zero-order valence-electron chi connectivity index (χ0n) is 13.2. The van der Waals surface area contributed by atoms with Crippen LogP contribution in [0.4, 0.5) is 5.82 Å². The van der Waals surface area contributed by atoms with E-state index in [-0.39, 0.29) is 11.9 Å². The molecule has 20 heavy (non-hydrogen) atoms. The van der Waals surface area contributed by atoms with Crippen molar-refractivity contribution in [1.82, 2.24) is 15.3 Å². The van der Waals surface area contributed by atoms with Crippen molar-refractivity contribution in [2.24, 2.45) is 5.92 Å². The zero-order chi connectivity index (χ0) is 15.1. The minimum Gasteiger partial charge on any atom is -0.370 e. The molecule has 0 spiro atoms. The van der Waals surface area contributed by atoms with E-state index in [1.807, 2.05) is 13.8 Å². The standard InChI is InChI=1S/C15H26N4O/c1-6-11(4)17-15(20)13-9-14(19-12(5)18-13)16-8-7-10(2)3/h9-11H,6-8H2,1-5H3,(H,17,20)(H,16,18,19). The fourth-order valence-electron chi connectivity index (χ4n) is 1.66. The van der Waals surface area contributed by atoms with Crippen LogP contribution in [-0.2, 0) is 0 Å². The van der Waals surface area contributed by atoms with Crippen molar-refractivity contribution in [3.8, 4) is 0 Å². The van der Waals surface area contributed by atoms with Crippen molar-refractivity contribution < 1.29 is 4.79 Å². The molecule has 0 aromatic carbocycles. The molecule has 0 saturated heterocycles. The third-order valence-electron chi connectivity index (χ3n) is 3.09. The number of aryl methyl sites for hydroxylation is 1. The lowest BCUT2D eigenvalue weighted by Crippen LogP contribution is -2.32. The smallest absolute Gasteiger partial charge is 0.270 e. The van der Waals surface area contributed by atoms with Crippen LogP contribution < -0.4 is 10.6 Å². The minimum absolute atomic E-state index is 0.142. The average Bonchev–Trinajstić information content (AvgIpc) is 2.37. The zero-order valence-corrected chi connectivity index (χ0v) is 13.2. The molecule has 0 aliphatic carbocycles. The molecule has 0 saturated carbocycles. The molecule has 5 nitrogen and oxygen atoms in total. The molecule has 1 atom stereocenters. The van der Waals surface area contributed by atoms with Gasteiger partial charge in [0.1, 0.15) is 17.3 Å². The predicted molar refractivity (Wildman–Crippen MR) is 81.9 cm³/mol. The van der Waals surface area contributed by atoms with Crippen LogP contribution in [0.5, 0.6) is 0 Å². The van der Waals surface area contributed by atoms with Crippen molar-refractivity contribution in [2.75, 3.05) is 11.9 Å². The van der Waals surface area contributed by atoms with E-state index in [0.717, 1.165) is 19.4 Å². The van der Waals surface area contributed by atoms with Crippen molar-refractivity contribution in [1.29, 1.82) is 0 Å². The Hall–Kier alpha value is -1.65. The third-order valence-corrected chi connectivity index (χ3v) is 3.09. The number of carbonyl (C=O) groups excluding carboxylic acids is 1. The van der Waals surface area contributed by atoms with Gasteiger partial charge in [-0.2, -0.15) is 0 Å². The first-order valence-electron chi connectivity index (χ1n) is 7.32. The van der Waals surface area contributed by atoms with E-state index in [2.05, 4.69) is 34.4 Å². The highest BCUT2D eigenvalue weighted by Gasteiger charge is 2.12. The fraction of sp³-hybridized carbons (Fsp3) is 0.667. The van der Waals surface area contributed by atoms with Crippen molar-refractivity contribution in [3.63, 3.8) is 0 Å². The lowest BCUT2D eigenvalue weighted by atomic mass is 10.1. The predicted octanol–water partition coefficient (Wildman–Crippen LogP) is 2.77. The van der Waals surface area contributed by atoms with Gasteiger partial charge in [0.25, 0.3) is 5.91 Å². The van der Waals surface area contributed by atoms with Gasteiger partial charge >= 0.3 is 0 Å². The van der Waals surface area contributed by atoms with Crippen molar-refractivity contribution in [2.45, 2.75) is 53.5 Å². The van der Waals surface area contributed by atoms with Crippen LogP contribution in [-0.4, -0.2) is 28.5 Å². The molecular formula is C15H26N4O. The fourth-order valence-corrected chi connectivity index (χ4v) is 1.66. The monoisotopic (exact) mass is 278 g/mol. The summed E-state index contributed by atoms with van der Waals surface area (Å²) in [5.74, 6) is 1.82. The van der Waals surface area contributed by atoms with E-state index < -0.39 is 0 Å². The Morgan fingerprint density at radius 1 is 1.30 bits per heavy atom. The summed E-state index contributed by atoms with van der Waals surface area (Å²) in [7, 11) is 0. The Kier molecular flexibility index (Phi) is 6.42. The first kappa shape index (κ1) is 16.4. The normalized spacial score (nSPS) is 12.3. The number of amides is 1. The summed E-state index contributed by atoms with van der Waals surface area (Å²) in [6, 6.07) is 1.86. The summed E-state index contributed by atoms with van der Waals surface area (Å²) in [6.07, 6.45) is 1.97. The third kappa shape index (κ3) is 5.55. The van der Waals surface area contributed by atoms with Crippen molar-refractivity contribution >= 4 is 11.7 Å². The van der Waals surface area contributed by atoms with Crippen LogP contribution in [0.3, 0.4) is 0 Å². The van der Waals surface area contributed by atoms with Crippen molar-refractivity contribution in [3.05, 3.63) is 17.6 Å². The number of nitrogens with zero attached hydrogens (tertiary/aromatic N) is 2. The Morgan fingerprint density at radius 3 is 2.60 bits per heavy atom. The van der Waals surface area contributed by atoms with Crippen LogP contribution >= 0.6 is 0 Å². The molecule has 0 aliphatic heterocycles. The molecule has 2 N–H and O–H groups in total. The molecule has 1 aromatic heterocycles. The molecule has 112 valence electrons. The van der Waals surface area contributed by atoms with Crippen LogP contribution in [0.15, 0.2) is 6.07 Å². The molecule has 1 heterocycles. The summed E-state index contributed by atoms with van der Waals surface area (Å²) in [4.78, 5) is 20.6. The molecule has 0 aliphatic rings. The van der Waals surface area contributed by atoms with Crippen LogP contribution in [0, 0.1) is 12.8 Å². The number of nitrogens with one attached hydrogen (secondary N) is 2. The SMILES string of the molecule is CCC(C)NC(=O)c1cc(NCCC(C)C)nc(C)n1.